The number of H-pyrrole nitrogens is 1. The van der Waals surface area contributed by atoms with Gasteiger partial charge in [-0.2, -0.15) is 0 Å². The number of aromatic nitrogens is 1. The highest BCUT2D eigenvalue weighted by Gasteiger charge is 2.12. The van der Waals surface area contributed by atoms with E-state index in [-0.39, 0.29) is 19.1 Å². The van der Waals surface area contributed by atoms with Gasteiger partial charge in [0.25, 0.3) is 0 Å². The number of esters is 1. The number of aromatic amines is 1. The fourth-order valence-electron chi connectivity index (χ4n) is 2.91. The van der Waals surface area contributed by atoms with E-state index in [1.807, 2.05) is 31.1 Å². The van der Waals surface area contributed by atoms with Crippen molar-refractivity contribution in [1.82, 2.24) is 10.3 Å². The summed E-state index contributed by atoms with van der Waals surface area (Å²) in [7, 11) is 3.86. The number of hydrogen-bond donors (Lipinski definition) is 4. The largest absolute Gasteiger partial charge is 0.461 e. The van der Waals surface area contributed by atoms with Gasteiger partial charge in [0.05, 0.1) is 13.2 Å². The highest BCUT2D eigenvalue weighted by atomic mass is 16.5. The summed E-state index contributed by atoms with van der Waals surface area (Å²) in [5.41, 5.74) is 3.28. The number of fused-ring (bicyclic) bond motifs is 1. The number of rotatable bonds is 7. The van der Waals surface area contributed by atoms with E-state index in [0.29, 0.717) is 17.1 Å². The number of ether oxygens (including phenoxy) is 1. The second-order valence-electron chi connectivity index (χ2n) is 7.00. The first-order valence-corrected chi connectivity index (χ1v) is 9.77. The molecule has 4 N–H and O–H groups in total. The van der Waals surface area contributed by atoms with Crippen LogP contribution in [0.15, 0.2) is 48.5 Å². The summed E-state index contributed by atoms with van der Waals surface area (Å²) in [6.45, 7) is 1.83. The minimum Gasteiger partial charge on any atom is -0.461 e. The van der Waals surface area contributed by atoms with Crippen molar-refractivity contribution < 1.29 is 19.1 Å². The summed E-state index contributed by atoms with van der Waals surface area (Å²) in [4.78, 5) is 41.0. The topological polar surface area (TPSA) is 116 Å². The van der Waals surface area contributed by atoms with Crippen molar-refractivity contribution in [2.24, 2.45) is 0 Å². The van der Waals surface area contributed by atoms with E-state index < -0.39 is 12.0 Å². The Labute approximate surface area is 179 Å². The zero-order valence-electron chi connectivity index (χ0n) is 17.6. The lowest BCUT2D eigenvalue weighted by atomic mass is 10.2. The molecular formula is C22H25N5O4. The van der Waals surface area contributed by atoms with Crippen molar-refractivity contribution in [3.63, 3.8) is 0 Å². The Morgan fingerprint density at radius 1 is 0.968 bits per heavy atom. The minimum absolute atomic E-state index is 0.194. The van der Waals surface area contributed by atoms with Crippen molar-refractivity contribution >= 4 is 45.9 Å². The van der Waals surface area contributed by atoms with Gasteiger partial charge in [0, 0.05) is 42.1 Å². The third-order valence-electron chi connectivity index (χ3n) is 4.45. The Hall–Kier alpha value is -4.01. The minimum atomic E-state index is -0.479. The Bertz CT molecular complexity index is 1090. The van der Waals surface area contributed by atoms with E-state index in [1.54, 1.807) is 43.3 Å². The molecule has 0 saturated carbocycles. The number of carbonyl (C=O) groups excluding carboxylic acids is 3. The molecule has 31 heavy (non-hydrogen) atoms. The molecule has 0 aliphatic rings. The summed E-state index contributed by atoms with van der Waals surface area (Å²) in [5.74, 6) is -0.811. The molecule has 0 radical (unpaired) electrons. The molecule has 0 bridgehead atoms. The molecule has 9 nitrogen and oxygen atoms in total. The van der Waals surface area contributed by atoms with Crippen LogP contribution in [0.3, 0.4) is 0 Å². The van der Waals surface area contributed by atoms with Crippen molar-refractivity contribution in [2.45, 2.75) is 6.92 Å². The smallest absolute Gasteiger partial charge is 0.354 e. The fourth-order valence-corrected chi connectivity index (χ4v) is 2.91. The number of anilines is 3. The third-order valence-corrected chi connectivity index (χ3v) is 4.45. The van der Waals surface area contributed by atoms with Crippen LogP contribution in [0, 0.1) is 0 Å². The van der Waals surface area contributed by atoms with E-state index in [4.69, 9.17) is 4.74 Å². The Morgan fingerprint density at radius 2 is 1.68 bits per heavy atom. The number of urea groups is 1. The van der Waals surface area contributed by atoms with Crippen LogP contribution in [0.4, 0.5) is 21.9 Å². The number of nitrogens with one attached hydrogen (secondary N) is 4. The molecule has 0 aliphatic heterocycles. The Kier molecular flexibility index (Phi) is 6.76. The summed E-state index contributed by atoms with van der Waals surface area (Å²) < 4.78 is 4.98. The van der Waals surface area contributed by atoms with E-state index in [0.717, 1.165) is 16.6 Å². The summed E-state index contributed by atoms with van der Waals surface area (Å²) in [6.07, 6.45) is 0. The lowest BCUT2D eigenvalue weighted by molar-refractivity contribution is -0.115. The third kappa shape index (κ3) is 5.75. The molecule has 162 valence electrons. The molecule has 0 fully saturated rings. The zero-order valence-corrected chi connectivity index (χ0v) is 17.6. The molecule has 3 rings (SSSR count). The first-order valence-electron chi connectivity index (χ1n) is 9.77. The van der Waals surface area contributed by atoms with Crippen LogP contribution in [0.5, 0.6) is 0 Å². The quantitative estimate of drug-likeness (QED) is 0.436. The molecular weight excluding hydrogens is 398 g/mol. The molecule has 3 amide bonds. The Balaban J connectivity index is 1.52. The van der Waals surface area contributed by atoms with Crippen molar-refractivity contribution in [3.05, 3.63) is 54.2 Å². The summed E-state index contributed by atoms with van der Waals surface area (Å²) in [5, 5.41) is 8.67. The Morgan fingerprint density at radius 3 is 2.35 bits per heavy atom. The highest BCUT2D eigenvalue weighted by molar-refractivity contribution is 6.00. The molecule has 2 aromatic carbocycles. The summed E-state index contributed by atoms with van der Waals surface area (Å²) >= 11 is 0. The number of nitrogens with zero attached hydrogens (tertiary/aromatic N) is 1. The van der Waals surface area contributed by atoms with E-state index in [9.17, 15) is 14.4 Å². The molecule has 0 spiro atoms. The van der Waals surface area contributed by atoms with Crippen LogP contribution in [0.25, 0.3) is 10.9 Å². The van der Waals surface area contributed by atoms with Crippen LogP contribution in [0.1, 0.15) is 17.4 Å². The first kappa shape index (κ1) is 21.7. The molecule has 0 atom stereocenters. The van der Waals surface area contributed by atoms with Crippen molar-refractivity contribution in [2.75, 3.05) is 42.8 Å². The highest BCUT2D eigenvalue weighted by Crippen LogP contribution is 2.21. The van der Waals surface area contributed by atoms with Gasteiger partial charge >= 0.3 is 12.0 Å². The molecule has 0 aliphatic carbocycles. The van der Waals surface area contributed by atoms with Gasteiger partial charge in [-0.25, -0.2) is 9.59 Å². The van der Waals surface area contributed by atoms with Crippen molar-refractivity contribution in [1.29, 1.82) is 0 Å². The van der Waals surface area contributed by atoms with Gasteiger partial charge in [-0.05, 0) is 55.5 Å². The average Bonchev–Trinajstić information content (AvgIpc) is 3.16. The normalized spacial score (nSPS) is 10.4. The SMILES string of the molecule is CCOC(=O)c1cc2cc(NC(=O)CNC(=O)Nc3ccc(N(C)C)cc3)ccc2[nH]1. The monoisotopic (exact) mass is 423 g/mol. The standard InChI is InChI=1S/C22H25N5O4/c1-4-31-21(29)19-12-14-11-16(7-10-18(14)26-19)24-20(28)13-23-22(30)25-15-5-8-17(9-6-15)27(2)3/h5-12,26H,4,13H2,1-3H3,(H,24,28)(H2,23,25,30). The van der Waals surface area contributed by atoms with Crippen LogP contribution in [0.2, 0.25) is 0 Å². The van der Waals surface area contributed by atoms with E-state index in [2.05, 4.69) is 20.9 Å². The molecule has 1 aromatic heterocycles. The van der Waals surface area contributed by atoms with Crippen LogP contribution in [-0.2, 0) is 9.53 Å². The van der Waals surface area contributed by atoms with Crippen LogP contribution in [-0.4, -0.2) is 50.1 Å². The van der Waals surface area contributed by atoms with Gasteiger partial charge < -0.3 is 30.6 Å². The lowest BCUT2D eigenvalue weighted by Crippen LogP contribution is -2.35. The second-order valence-corrected chi connectivity index (χ2v) is 7.00. The lowest BCUT2D eigenvalue weighted by Gasteiger charge is -2.13. The number of hydrogen-bond acceptors (Lipinski definition) is 5. The molecule has 9 heteroatoms. The molecule has 0 saturated heterocycles. The van der Waals surface area contributed by atoms with E-state index >= 15 is 0 Å². The van der Waals surface area contributed by atoms with E-state index in [1.165, 1.54) is 0 Å². The van der Waals surface area contributed by atoms with Crippen LogP contribution < -0.4 is 20.9 Å². The fraction of sp³-hybridized carbons (Fsp3) is 0.227. The van der Waals surface area contributed by atoms with Gasteiger partial charge in [0.1, 0.15) is 5.69 Å². The number of benzene rings is 2. The van der Waals surface area contributed by atoms with Gasteiger partial charge in [-0.1, -0.05) is 0 Å². The van der Waals surface area contributed by atoms with Gasteiger partial charge in [0.15, 0.2) is 0 Å². The van der Waals surface area contributed by atoms with Crippen LogP contribution >= 0.6 is 0 Å². The van der Waals surface area contributed by atoms with Crippen molar-refractivity contribution in [3.8, 4) is 0 Å². The van der Waals surface area contributed by atoms with Gasteiger partial charge in [0.2, 0.25) is 5.91 Å². The predicted molar refractivity (Wildman–Crippen MR) is 121 cm³/mol. The van der Waals surface area contributed by atoms with Gasteiger partial charge in [-0.15, -0.1) is 0 Å². The predicted octanol–water partition coefficient (Wildman–Crippen LogP) is 3.17. The summed E-state index contributed by atoms with van der Waals surface area (Å²) in [6, 6.07) is 13.7. The first-order chi connectivity index (χ1) is 14.9. The molecule has 1 heterocycles. The maximum absolute atomic E-state index is 12.2. The molecule has 3 aromatic rings. The second kappa shape index (κ2) is 9.66. The maximum Gasteiger partial charge on any atom is 0.354 e. The molecule has 0 unspecified atom stereocenters. The van der Waals surface area contributed by atoms with Gasteiger partial charge in [-0.3, -0.25) is 4.79 Å². The zero-order chi connectivity index (χ0) is 22.4. The number of amides is 3. The maximum atomic E-state index is 12.2. The number of carbonyl (C=O) groups is 3. The average molecular weight is 423 g/mol.